The highest BCUT2D eigenvalue weighted by molar-refractivity contribution is 7.14. The van der Waals surface area contributed by atoms with Crippen LogP contribution < -0.4 is 10.6 Å². The molecule has 0 aliphatic heterocycles. The normalized spacial score (nSPS) is 20.0. The lowest BCUT2D eigenvalue weighted by Crippen LogP contribution is -2.38. The maximum atomic E-state index is 12.2. The number of benzene rings is 1. The Hall–Kier alpha value is -2.21. The van der Waals surface area contributed by atoms with Crippen molar-refractivity contribution < 1.29 is 9.59 Å². The van der Waals surface area contributed by atoms with E-state index in [9.17, 15) is 9.59 Å². The van der Waals surface area contributed by atoms with Crippen LogP contribution in [0.4, 0.5) is 5.13 Å². The summed E-state index contributed by atoms with van der Waals surface area (Å²) >= 11 is 1.34. The fourth-order valence-corrected chi connectivity index (χ4v) is 3.92. The molecule has 0 spiro atoms. The van der Waals surface area contributed by atoms with E-state index < -0.39 is 0 Å². The van der Waals surface area contributed by atoms with Gasteiger partial charge in [0, 0.05) is 17.0 Å². The first-order chi connectivity index (χ1) is 12.1. The van der Waals surface area contributed by atoms with Crippen molar-refractivity contribution in [3.05, 3.63) is 47.0 Å². The topological polar surface area (TPSA) is 71.1 Å². The monoisotopic (exact) mass is 357 g/mol. The van der Waals surface area contributed by atoms with Crippen molar-refractivity contribution in [1.29, 1.82) is 0 Å². The minimum atomic E-state index is -0.192. The largest absolute Gasteiger partial charge is 0.353 e. The molecule has 0 saturated heterocycles. The number of rotatable bonds is 5. The number of amides is 2. The Morgan fingerprint density at radius 1 is 1.24 bits per heavy atom. The second-order valence-corrected chi connectivity index (χ2v) is 7.54. The van der Waals surface area contributed by atoms with Crippen molar-refractivity contribution in [2.75, 3.05) is 5.32 Å². The van der Waals surface area contributed by atoms with Crippen LogP contribution in [0, 0.1) is 5.92 Å². The molecule has 3 rings (SSSR count). The molecule has 25 heavy (non-hydrogen) atoms. The average molecular weight is 357 g/mol. The quantitative estimate of drug-likeness (QED) is 0.858. The summed E-state index contributed by atoms with van der Waals surface area (Å²) in [6, 6.07) is 9.29. The minimum absolute atomic E-state index is 0.00494. The number of anilines is 1. The summed E-state index contributed by atoms with van der Waals surface area (Å²) in [5.41, 5.74) is 1.28. The molecule has 1 aromatic heterocycles. The van der Waals surface area contributed by atoms with Crippen LogP contribution in [-0.2, 0) is 11.2 Å². The summed E-state index contributed by atoms with van der Waals surface area (Å²) in [6.45, 7) is 2.24. The summed E-state index contributed by atoms with van der Waals surface area (Å²) < 4.78 is 0. The van der Waals surface area contributed by atoms with Gasteiger partial charge >= 0.3 is 0 Å². The lowest BCUT2D eigenvalue weighted by atomic mass is 9.87. The highest BCUT2D eigenvalue weighted by Crippen LogP contribution is 2.23. The number of carbonyl (C=O) groups is 2. The zero-order chi connectivity index (χ0) is 17.6. The zero-order valence-electron chi connectivity index (χ0n) is 14.3. The Bertz CT molecular complexity index is 729. The van der Waals surface area contributed by atoms with Gasteiger partial charge in [-0.05, 0) is 30.9 Å². The van der Waals surface area contributed by atoms with Gasteiger partial charge in [-0.1, -0.05) is 38.0 Å². The fourth-order valence-electron chi connectivity index (χ4n) is 3.21. The molecule has 0 radical (unpaired) electrons. The fraction of sp³-hybridized carbons (Fsp3) is 0.421. The van der Waals surface area contributed by atoms with Gasteiger partial charge < -0.3 is 5.32 Å². The molecule has 0 bridgehead atoms. The average Bonchev–Trinajstić information content (AvgIpc) is 3.02. The Balaban J connectivity index is 1.51. The van der Waals surface area contributed by atoms with E-state index in [1.165, 1.54) is 24.2 Å². The molecule has 2 N–H and O–H groups in total. The molecular weight excluding hydrogens is 334 g/mol. The Kier molecular flexibility index (Phi) is 5.81. The molecule has 6 heteroatoms. The molecule has 5 nitrogen and oxygen atoms in total. The van der Waals surface area contributed by atoms with Gasteiger partial charge in [0.2, 0.25) is 5.91 Å². The van der Waals surface area contributed by atoms with Gasteiger partial charge in [0.05, 0.1) is 12.1 Å². The number of aromatic nitrogens is 1. The lowest BCUT2D eigenvalue weighted by Gasteiger charge is -2.27. The molecule has 1 saturated carbocycles. The molecule has 1 heterocycles. The minimum Gasteiger partial charge on any atom is -0.353 e. The van der Waals surface area contributed by atoms with Gasteiger partial charge in [-0.3, -0.25) is 14.9 Å². The first-order valence-electron chi connectivity index (χ1n) is 8.70. The van der Waals surface area contributed by atoms with Crippen molar-refractivity contribution in [2.45, 2.75) is 45.1 Å². The van der Waals surface area contributed by atoms with Crippen LogP contribution >= 0.6 is 11.3 Å². The van der Waals surface area contributed by atoms with Gasteiger partial charge in [-0.2, -0.15) is 0 Å². The first-order valence-corrected chi connectivity index (χ1v) is 9.58. The Morgan fingerprint density at radius 3 is 2.80 bits per heavy atom. The second kappa shape index (κ2) is 8.25. The molecule has 2 aromatic rings. The smallest absolute Gasteiger partial charge is 0.257 e. The van der Waals surface area contributed by atoms with E-state index in [0.717, 1.165) is 12.8 Å². The van der Waals surface area contributed by atoms with Crippen LogP contribution in [0.15, 0.2) is 35.7 Å². The zero-order valence-corrected chi connectivity index (χ0v) is 15.1. The highest BCUT2D eigenvalue weighted by Gasteiger charge is 2.20. The number of nitrogens with zero attached hydrogens (tertiary/aromatic N) is 1. The van der Waals surface area contributed by atoms with Gasteiger partial charge in [-0.25, -0.2) is 4.98 Å². The van der Waals surface area contributed by atoms with E-state index in [1.807, 2.05) is 23.6 Å². The lowest BCUT2D eigenvalue weighted by molar-refractivity contribution is -0.121. The summed E-state index contributed by atoms with van der Waals surface area (Å²) in [5.74, 6) is 0.491. The number of nitrogens with one attached hydrogen (secondary N) is 2. The van der Waals surface area contributed by atoms with Crippen LogP contribution in [0.3, 0.4) is 0 Å². The predicted octanol–water partition coefficient (Wildman–Crippen LogP) is 3.63. The number of thiazole rings is 1. The molecule has 1 fully saturated rings. The molecule has 2 unspecified atom stereocenters. The van der Waals surface area contributed by atoms with Crippen molar-refractivity contribution >= 4 is 28.3 Å². The van der Waals surface area contributed by atoms with Gasteiger partial charge in [0.1, 0.15) is 0 Å². The van der Waals surface area contributed by atoms with E-state index in [1.54, 1.807) is 12.1 Å². The third kappa shape index (κ3) is 5.13. The molecule has 1 aliphatic rings. The number of hydrogen-bond donors (Lipinski definition) is 2. The van der Waals surface area contributed by atoms with Crippen molar-refractivity contribution in [1.82, 2.24) is 10.3 Å². The Morgan fingerprint density at radius 2 is 2.04 bits per heavy atom. The van der Waals surface area contributed by atoms with Crippen LogP contribution in [0.5, 0.6) is 0 Å². The third-order valence-electron chi connectivity index (χ3n) is 4.45. The van der Waals surface area contributed by atoms with Gasteiger partial charge in [0.25, 0.3) is 5.91 Å². The molecule has 132 valence electrons. The summed E-state index contributed by atoms with van der Waals surface area (Å²) in [6.07, 6.45) is 4.80. The SMILES string of the molecule is CC1CCCC(NC(=O)Cc2csc(NC(=O)c3ccccc3)n2)C1. The summed E-state index contributed by atoms with van der Waals surface area (Å²) in [7, 11) is 0. The maximum Gasteiger partial charge on any atom is 0.257 e. The predicted molar refractivity (Wildman–Crippen MR) is 99.8 cm³/mol. The van der Waals surface area contributed by atoms with E-state index in [-0.39, 0.29) is 24.3 Å². The first kappa shape index (κ1) is 17.6. The summed E-state index contributed by atoms with van der Waals surface area (Å²) in [5, 5.41) is 8.23. The van der Waals surface area contributed by atoms with Crippen molar-refractivity contribution in [3.63, 3.8) is 0 Å². The van der Waals surface area contributed by atoms with Gasteiger partial charge in [-0.15, -0.1) is 11.3 Å². The van der Waals surface area contributed by atoms with Crippen LogP contribution in [0.25, 0.3) is 0 Å². The van der Waals surface area contributed by atoms with Crippen LogP contribution in [0.1, 0.15) is 48.7 Å². The highest BCUT2D eigenvalue weighted by atomic mass is 32.1. The number of hydrogen-bond acceptors (Lipinski definition) is 4. The van der Waals surface area contributed by atoms with Crippen molar-refractivity contribution in [3.8, 4) is 0 Å². The Labute approximate surface area is 151 Å². The molecule has 1 aromatic carbocycles. The number of carbonyl (C=O) groups excluding carboxylic acids is 2. The van der Waals surface area contributed by atoms with Crippen LogP contribution in [-0.4, -0.2) is 22.8 Å². The third-order valence-corrected chi connectivity index (χ3v) is 5.26. The summed E-state index contributed by atoms with van der Waals surface area (Å²) in [4.78, 5) is 28.7. The second-order valence-electron chi connectivity index (χ2n) is 6.68. The van der Waals surface area contributed by atoms with Crippen LogP contribution in [0.2, 0.25) is 0 Å². The van der Waals surface area contributed by atoms with E-state index in [2.05, 4.69) is 22.5 Å². The molecule has 2 atom stereocenters. The molecule has 2 amide bonds. The van der Waals surface area contributed by atoms with Crippen molar-refractivity contribution in [2.24, 2.45) is 5.92 Å². The van der Waals surface area contributed by atoms with E-state index in [0.29, 0.717) is 22.3 Å². The molecule has 1 aliphatic carbocycles. The van der Waals surface area contributed by atoms with Gasteiger partial charge in [0.15, 0.2) is 5.13 Å². The van der Waals surface area contributed by atoms with E-state index >= 15 is 0 Å². The molecular formula is C19H23N3O2S. The standard InChI is InChI=1S/C19H23N3O2S/c1-13-6-5-9-15(10-13)20-17(23)11-16-12-25-19(21-16)22-18(24)14-7-3-2-4-8-14/h2-4,7-8,12-13,15H,5-6,9-11H2,1H3,(H,20,23)(H,21,22,24). The van der Waals surface area contributed by atoms with E-state index in [4.69, 9.17) is 0 Å². The maximum absolute atomic E-state index is 12.2.